The lowest BCUT2D eigenvalue weighted by molar-refractivity contribution is -0.113. The maximum Gasteiger partial charge on any atom is 0.236 e. The lowest BCUT2D eigenvalue weighted by Gasteiger charge is -2.04. The number of rotatable bonds is 6. The van der Waals surface area contributed by atoms with Crippen molar-refractivity contribution in [3.63, 3.8) is 0 Å². The van der Waals surface area contributed by atoms with Gasteiger partial charge in [0, 0.05) is 11.8 Å². The van der Waals surface area contributed by atoms with Crippen LogP contribution in [-0.4, -0.2) is 31.8 Å². The van der Waals surface area contributed by atoms with E-state index in [1.54, 1.807) is 0 Å². The molecule has 8 heteroatoms. The van der Waals surface area contributed by atoms with E-state index in [1.165, 1.54) is 48.8 Å². The molecule has 2 aromatic heterocycles. The molecule has 0 atom stereocenters. The van der Waals surface area contributed by atoms with Gasteiger partial charge in [-0.05, 0) is 12.8 Å². The molecule has 1 aliphatic rings. The van der Waals surface area contributed by atoms with Gasteiger partial charge in [0.25, 0.3) is 0 Å². The quantitative estimate of drug-likeness (QED) is 0.792. The summed E-state index contributed by atoms with van der Waals surface area (Å²) in [6, 6.07) is 0. The van der Waals surface area contributed by atoms with Gasteiger partial charge in [0.15, 0.2) is 5.13 Å². The van der Waals surface area contributed by atoms with E-state index in [9.17, 15) is 4.79 Å². The van der Waals surface area contributed by atoms with Crippen LogP contribution in [0.25, 0.3) is 0 Å². The third-order valence-corrected chi connectivity index (χ3v) is 5.39. The molecular formula is C14H19N5OS2. The van der Waals surface area contributed by atoms with E-state index in [0.717, 1.165) is 23.9 Å². The number of nitrogens with zero attached hydrogens (tertiary/aromatic N) is 3. The van der Waals surface area contributed by atoms with Gasteiger partial charge in [-0.2, -0.15) is 0 Å². The van der Waals surface area contributed by atoms with Crippen LogP contribution in [0.4, 0.5) is 5.13 Å². The van der Waals surface area contributed by atoms with Crippen LogP contribution < -0.4 is 5.32 Å². The third-order valence-electron chi connectivity index (χ3n) is 3.67. The number of aromatic amines is 1. The molecule has 0 unspecified atom stereocenters. The molecule has 0 aromatic carbocycles. The number of thioether (sulfide) groups is 1. The molecule has 0 aliphatic heterocycles. The third kappa shape index (κ3) is 4.30. The molecule has 22 heavy (non-hydrogen) atoms. The van der Waals surface area contributed by atoms with Gasteiger partial charge in [0.2, 0.25) is 11.1 Å². The first-order valence-corrected chi connectivity index (χ1v) is 9.31. The Morgan fingerprint density at radius 2 is 2.27 bits per heavy atom. The fraction of sp³-hybridized carbons (Fsp3) is 0.571. The number of thiazole rings is 1. The first kappa shape index (κ1) is 15.5. The zero-order valence-electron chi connectivity index (χ0n) is 12.5. The predicted octanol–water partition coefficient (Wildman–Crippen LogP) is 3.03. The monoisotopic (exact) mass is 337 g/mol. The minimum atomic E-state index is -0.0820. The standard InChI is InChI=1S/C14H19N5OS2/c1-9-7-21-13(15-9)17-12(20)8-22-14-16-11(18-19-14)6-10-4-2-3-5-10/h7,10H,2-6,8H2,1H3,(H,15,17,20)(H,16,18,19). The van der Waals surface area contributed by atoms with E-state index < -0.39 is 0 Å². The minimum Gasteiger partial charge on any atom is -0.301 e. The molecule has 1 fully saturated rings. The average molecular weight is 337 g/mol. The van der Waals surface area contributed by atoms with Crippen LogP contribution >= 0.6 is 23.1 Å². The highest BCUT2D eigenvalue weighted by Gasteiger charge is 2.17. The number of hydrogen-bond acceptors (Lipinski definition) is 6. The van der Waals surface area contributed by atoms with E-state index in [-0.39, 0.29) is 5.91 Å². The largest absolute Gasteiger partial charge is 0.301 e. The van der Waals surface area contributed by atoms with Gasteiger partial charge in [-0.1, -0.05) is 37.4 Å². The first-order valence-electron chi connectivity index (χ1n) is 7.45. The molecule has 0 bridgehead atoms. The summed E-state index contributed by atoms with van der Waals surface area (Å²) in [7, 11) is 0. The molecule has 1 saturated carbocycles. The van der Waals surface area contributed by atoms with Crippen molar-refractivity contribution in [3.05, 3.63) is 16.9 Å². The zero-order valence-corrected chi connectivity index (χ0v) is 14.1. The number of hydrogen-bond donors (Lipinski definition) is 2. The number of anilines is 1. The Labute approximate surface area is 137 Å². The predicted molar refractivity (Wildman–Crippen MR) is 88.2 cm³/mol. The number of nitrogens with one attached hydrogen (secondary N) is 2. The molecule has 2 heterocycles. The normalized spacial score (nSPS) is 15.3. The molecule has 2 aromatic rings. The van der Waals surface area contributed by atoms with Gasteiger partial charge in [0.1, 0.15) is 5.82 Å². The van der Waals surface area contributed by atoms with Crippen molar-refractivity contribution in [3.8, 4) is 0 Å². The van der Waals surface area contributed by atoms with Crippen LogP contribution in [0.1, 0.15) is 37.2 Å². The van der Waals surface area contributed by atoms with Crippen LogP contribution in [-0.2, 0) is 11.2 Å². The maximum absolute atomic E-state index is 11.8. The summed E-state index contributed by atoms with van der Waals surface area (Å²) in [5.74, 6) is 1.88. The second-order valence-electron chi connectivity index (χ2n) is 5.55. The number of amides is 1. The van der Waals surface area contributed by atoms with Crippen molar-refractivity contribution in [2.24, 2.45) is 5.92 Å². The second kappa shape index (κ2) is 7.23. The van der Waals surface area contributed by atoms with Crippen molar-refractivity contribution in [2.75, 3.05) is 11.1 Å². The Morgan fingerprint density at radius 3 is 3.00 bits per heavy atom. The van der Waals surface area contributed by atoms with E-state index in [2.05, 4.69) is 25.5 Å². The molecule has 118 valence electrons. The van der Waals surface area contributed by atoms with Crippen LogP contribution in [0, 0.1) is 12.8 Å². The summed E-state index contributed by atoms with van der Waals surface area (Å²) in [5, 5.41) is 13.1. The highest BCUT2D eigenvalue weighted by molar-refractivity contribution is 7.99. The summed E-state index contributed by atoms with van der Waals surface area (Å²) in [4.78, 5) is 20.5. The Hall–Kier alpha value is -1.41. The molecule has 1 aliphatic carbocycles. The Kier molecular flexibility index (Phi) is 5.09. The first-order chi connectivity index (χ1) is 10.7. The average Bonchev–Trinajstić information content (AvgIpc) is 3.21. The zero-order chi connectivity index (χ0) is 15.4. The topological polar surface area (TPSA) is 83.6 Å². The van der Waals surface area contributed by atoms with Gasteiger partial charge >= 0.3 is 0 Å². The fourth-order valence-corrected chi connectivity index (χ4v) is 3.94. The fourth-order valence-electron chi connectivity index (χ4n) is 2.62. The summed E-state index contributed by atoms with van der Waals surface area (Å²) < 4.78 is 0. The number of carbonyl (C=O) groups is 1. The summed E-state index contributed by atoms with van der Waals surface area (Å²) in [6.07, 6.45) is 6.21. The molecule has 2 N–H and O–H groups in total. The van der Waals surface area contributed by atoms with Gasteiger partial charge < -0.3 is 5.32 Å². The van der Waals surface area contributed by atoms with E-state index in [1.807, 2.05) is 12.3 Å². The van der Waals surface area contributed by atoms with Gasteiger partial charge in [0.05, 0.1) is 11.4 Å². The number of H-pyrrole nitrogens is 1. The smallest absolute Gasteiger partial charge is 0.236 e. The SMILES string of the molecule is Cc1csc(NC(=O)CSc2n[nH]c(CC3CCCC3)n2)n1. The number of carbonyl (C=O) groups excluding carboxylic acids is 1. The molecule has 6 nitrogen and oxygen atoms in total. The Morgan fingerprint density at radius 1 is 1.45 bits per heavy atom. The van der Waals surface area contributed by atoms with Crippen molar-refractivity contribution in [1.82, 2.24) is 20.2 Å². The van der Waals surface area contributed by atoms with Crippen LogP contribution in [0.3, 0.4) is 0 Å². The second-order valence-corrected chi connectivity index (χ2v) is 7.35. The van der Waals surface area contributed by atoms with Gasteiger partial charge in [-0.15, -0.1) is 16.4 Å². The molecule has 3 rings (SSSR count). The maximum atomic E-state index is 11.8. The van der Waals surface area contributed by atoms with Crippen molar-refractivity contribution < 1.29 is 4.79 Å². The van der Waals surface area contributed by atoms with Crippen LogP contribution in [0.2, 0.25) is 0 Å². The molecule has 1 amide bonds. The number of aryl methyl sites for hydroxylation is 1. The number of aromatic nitrogens is 4. The highest BCUT2D eigenvalue weighted by atomic mass is 32.2. The van der Waals surface area contributed by atoms with E-state index in [4.69, 9.17) is 0 Å². The summed E-state index contributed by atoms with van der Waals surface area (Å²) in [5.41, 5.74) is 0.915. The molecular weight excluding hydrogens is 318 g/mol. The van der Waals surface area contributed by atoms with Crippen LogP contribution in [0.15, 0.2) is 10.5 Å². The van der Waals surface area contributed by atoms with E-state index in [0.29, 0.717) is 16.0 Å². The Bertz CT molecular complexity index is 633. The summed E-state index contributed by atoms with van der Waals surface area (Å²) >= 11 is 2.78. The molecule has 0 radical (unpaired) electrons. The van der Waals surface area contributed by atoms with Crippen molar-refractivity contribution in [2.45, 2.75) is 44.2 Å². The molecule has 0 spiro atoms. The summed E-state index contributed by atoms with van der Waals surface area (Å²) in [6.45, 7) is 1.90. The minimum absolute atomic E-state index is 0.0820. The van der Waals surface area contributed by atoms with Crippen LogP contribution in [0.5, 0.6) is 0 Å². The highest BCUT2D eigenvalue weighted by Crippen LogP contribution is 2.27. The Balaban J connectivity index is 1.44. The lowest BCUT2D eigenvalue weighted by atomic mass is 10.0. The van der Waals surface area contributed by atoms with Crippen molar-refractivity contribution >= 4 is 34.1 Å². The van der Waals surface area contributed by atoms with Crippen molar-refractivity contribution in [1.29, 1.82) is 0 Å². The lowest BCUT2D eigenvalue weighted by Crippen LogP contribution is -2.13. The van der Waals surface area contributed by atoms with Gasteiger partial charge in [-0.3, -0.25) is 9.89 Å². The molecule has 0 saturated heterocycles. The van der Waals surface area contributed by atoms with Gasteiger partial charge in [-0.25, -0.2) is 9.97 Å². The van der Waals surface area contributed by atoms with E-state index >= 15 is 0 Å².